The van der Waals surface area contributed by atoms with E-state index in [9.17, 15) is 88.8 Å². The summed E-state index contributed by atoms with van der Waals surface area (Å²) in [6, 6.07) is 13.7. The van der Waals surface area contributed by atoms with Crippen LogP contribution in [0.4, 0.5) is 0 Å². The summed E-state index contributed by atoms with van der Waals surface area (Å²) in [4.78, 5) is 116. The molecule has 5 rings (SSSR count). The third kappa shape index (κ3) is 22.1. The highest BCUT2D eigenvalue weighted by atomic mass is 16.5. The van der Waals surface area contributed by atoms with Gasteiger partial charge in [-0.25, -0.2) is 47.9 Å². The minimum absolute atomic E-state index is 0.0563. The molecule has 0 unspecified atom stereocenters. The predicted octanol–water partition coefficient (Wildman–Crippen LogP) is 1.92. The lowest BCUT2D eigenvalue weighted by atomic mass is 10.0. The van der Waals surface area contributed by atoms with Crippen molar-refractivity contribution in [1.82, 2.24) is 0 Å². The maximum Gasteiger partial charge on any atom is 0.341 e. The van der Waals surface area contributed by atoms with E-state index in [0.29, 0.717) is 0 Å². The van der Waals surface area contributed by atoms with Crippen molar-refractivity contribution in [2.75, 3.05) is 66.1 Å². The highest BCUT2D eigenvalue weighted by Crippen LogP contribution is 2.34. The van der Waals surface area contributed by atoms with Crippen molar-refractivity contribution in [2.24, 2.45) is 0 Å². The minimum atomic E-state index is -1.53. The first-order valence-corrected chi connectivity index (χ1v) is 24.2. The molecule has 30 heteroatoms. The van der Waals surface area contributed by atoms with Crippen LogP contribution in [0.5, 0.6) is 57.5 Å². The summed E-state index contributed by atoms with van der Waals surface area (Å²) in [6.45, 7) is -9.49. The maximum absolute atomic E-state index is 11.9. The largest absolute Gasteiger partial charge is 0.482 e. The molecule has 30 nitrogen and oxygen atoms in total. The topological polar surface area (TPSA) is 465 Å². The van der Waals surface area contributed by atoms with Crippen LogP contribution in [0.3, 0.4) is 0 Å². The first kappa shape index (κ1) is 65.8. The van der Waals surface area contributed by atoms with Gasteiger partial charge >= 0.3 is 59.7 Å². The Morgan fingerprint density at radius 1 is 0.216 bits per heavy atom. The molecule has 454 valence electrons. The molecule has 5 aromatic carbocycles. The zero-order chi connectivity index (χ0) is 64.5. The lowest BCUT2D eigenvalue weighted by molar-refractivity contribution is -0.140. The summed E-state index contributed by atoms with van der Waals surface area (Å²) < 4.78 is 54.1. The van der Waals surface area contributed by atoms with Crippen molar-refractivity contribution >= 4 is 59.7 Å². The van der Waals surface area contributed by atoms with Gasteiger partial charge in [0.2, 0.25) is 0 Å². The number of hydrogen-bond donors (Lipinski definition) is 10. The van der Waals surface area contributed by atoms with E-state index >= 15 is 0 Å². The van der Waals surface area contributed by atoms with E-state index in [1.807, 2.05) is 0 Å². The Labute approximate surface area is 493 Å². The Bertz CT molecular complexity index is 3600. The van der Waals surface area contributed by atoms with Crippen LogP contribution in [-0.4, -0.2) is 177 Å². The Hall–Kier alpha value is -13.0. The molecular weight excluding hydrogens is 1180 g/mol. The molecule has 0 spiro atoms. The molecule has 0 heterocycles. The molecule has 0 aliphatic heterocycles. The van der Waals surface area contributed by atoms with Gasteiger partial charge in [-0.15, -0.1) is 0 Å². The van der Waals surface area contributed by atoms with Crippen LogP contribution >= 0.6 is 0 Å². The zero-order valence-corrected chi connectivity index (χ0v) is 44.6. The average Bonchev–Trinajstić information content (AvgIpc) is 3.10. The number of aliphatic carboxylic acids is 10. The van der Waals surface area contributed by atoms with E-state index in [2.05, 4.69) is 47.4 Å². The second-order valence-electron chi connectivity index (χ2n) is 16.7. The summed E-state index contributed by atoms with van der Waals surface area (Å²) in [5.74, 6) is 4.10. The molecule has 0 aromatic heterocycles. The number of carboxylic acids is 10. The molecular formula is C58H42O30. The van der Waals surface area contributed by atoms with Crippen LogP contribution in [0.25, 0.3) is 0 Å². The first-order valence-electron chi connectivity index (χ1n) is 24.2. The van der Waals surface area contributed by atoms with Gasteiger partial charge in [0, 0.05) is 36.4 Å². The second-order valence-corrected chi connectivity index (χ2v) is 16.7. The fourth-order valence-corrected chi connectivity index (χ4v) is 6.57. The predicted molar refractivity (Wildman–Crippen MR) is 287 cm³/mol. The van der Waals surface area contributed by atoms with E-state index in [-0.39, 0.29) is 90.5 Å². The molecule has 0 bridgehead atoms. The molecule has 0 aliphatic rings. The number of hydrogen-bond acceptors (Lipinski definition) is 20. The lowest BCUT2D eigenvalue weighted by Crippen LogP contribution is -2.13. The SMILES string of the molecule is O=C(O)COc1ccc(OCC(=O)O)c(C#Cc2cc(OCC(=O)O)c(C#Cc3cc(OCC(=O)O)c(C#Cc4cc(OCC(=O)O)c(C#Cc5cc(OCC(=O)O)ccc5OCC(=O)O)cc4OCC(=O)O)cc3OCC(=O)O)cc2OCC(=O)O)c1. The molecule has 0 amide bonds. The van der Waals surface area contributed by atoms with Crippen molar-refractivity contribution < 1.29 is 146 Å². The Morgan fingerprint density at radius 2 is 0.364 bits per heavy atom. The van der Waals surface area contributed by atoms with Crippen molar-refractivity contribution in [2.45, 2.75) is 0 Å². The van der Waals surface area contributed by atoms with Gasteiger partial charge in [0.05, 0.1) is 44.5 Å². The van der Waals surface area contributed by atoms with Gasteiger partial charge in [0.1, 0.15) is 57.5 Å². The standard InChI is InChI=1S/C58H42O30/c59-49(60)21-79-39-9-11-41(81-23-51(63)64)31(13-39)1-3-33-15-45(85-27-55(71)72)35(17-43(33)83-25-53(67)68)5-7-37-19-48(88-30-58(77)78)38(20-47(37)87-29-57(75)76)8-6-36-18-44(84-26-54(69)70)34(16-46(36)86-28-56(73)74)4-2-32-14-40(80-22-50(61)62)10-12-42(32)82-24-52(65)66/h9-20H,21-30H2,(H,59,60)(H,61,62)(H,63,64)(H,65,66)(H,67,68)(H,69,70)(H,71,72)(H,73,74)(H,75,76)(H,77,78). The van der Waals surface area contributed by atoms with Gasteiger partial charge in [-0.2, -0.15) is 0 Å². The molecule has 88 heavy (non-hydrogen) atoms. The van der Waals surface area contributed by atoms with E-state index in [4.69, 9.17) is 57.6 Å². The second kappa shape index (κ2) is 32.0. The molecule has 0 saturated carbocycles. The van der Waals surface area contributed by atoms with E-state index in [1.54, 1.807) is 0 Å². The summed E-state index contributed by atoms with van der Waals surface area (Å²) in [5.41, 5.74) is -1.73. The van der Waals surface area contributed by atoms with Crippen molar-refractivity contribution in [3.8, 4) is 105 Å². The number of rotatable bonds is 30. The van der Waals surface area contributed by atoms with Gasteiger partial charge in [-0.05, 0) is 36.4 Å². The Balaban J connectivity index is 1.74. The Kier molecular flexibility index (Phi) is 24.0. The van der Waals surface area contributed by atoms with Crippen molar-refractivity contribution in [1.29, 1.82) is 0 Å². The third-order valence-electron chi connectivity index (χ3n) is 10.0. The number of ether oxygens (including phenoxy) is 10. The molecule has 10 N–H and O–H groups in total. The smallest absolute Gasteiger partial charge is 0.341 e. The highest BCUT2D eigenvalue weighted by Gasteiger charge is 2.19. The normalized spacial score (nSPS) is 9.91. The third-order valence-corrected chi connectivity index (χ3v) is 10.0. The van der Waals surface area contributed by atoms with Gasteiger partial charge in [0.25, 0.3) is 0 Å². The van der Waals surface area contributed by atoms with Crippen molar-refractivity contribution in [3.05, 3.63) is 117 Å². The van der Waals surface area contributed by atoms with Crippen LogP contribution in [0.1, 0.15) is 44.5 Å². The average molecular weight is 1220 g/mol. The van der Waals surface area contributed by atoms with Crippen LogP contribution in [0.15, 0.2) is 72.8 Å². The van der Waals surface area contributed by atoms with Crippen molar-refractivity contribution in [3.63, 3.8) is 0 Å². The fraction of sp³-hybridized carbons (Fsp3) is 0.172. The maximum atomic E-state index is 11.9. The quantitative estimate of drug-likeness (QED) is 0.0294. The van der Waals surface area contributed by atoms with E-state index in [0.717, 1.165) is 36.4 Å². The van der Waals surface area contributed by atoms with E-state index in [1.165, 1.54) is 36.4 Å². The monoisotopic (exact) mass is 1220 g/mol. The molecule has 0 saturated heterocycles. The van der Waals surface area contributed by atoms with Crippen LogP contribution in [0, 0.1) is 47.4 Å². The summed E-state index contributed by atoms with van der Waals surface area (Å²) >= 11 is 0. The fourth-order valence-electron chi connectivity index (χ4n) is 6.57. The Morgan fingerprint density at radius 3 is 0.534 bits per heavy atom. The lowest BCUT2D eigenvalue weighted by Gasteiger charge is -2.13. The molecule has 5 aromatic rings. The van der Waals surface area contributed by atoms with Gasteiger partial charge in [0.15, 0.2) is 66.1 Å². The van der Waals surface area contributed by atoms with Gasteiger partial charge in [-0.1, -0.05) is 47.4 Å². The van der Waals surface area contributed by atoms with Crippen LogP contribution in [-0.2, 0) is 47.9 Å². The highest BCUT2D eigenvalue weighted by molar-refractivity contribution is 5.75. The molecule has 0 radical (unpaired) electrons. The molecule has 0 aliphatic carbocycles. The molecule has 0 atom stereocenters. The summed E-state index contributed by atoms with van der Waals surface area (Å²) in [6.07, 6.45) is 0. The van der Waals surface area contributed by atoms with Crippen LogP contribution in [0.2, 0.25) is 0 Å². The first-order chi connectivity index (χ1) is 41.8. The summed E-state index contributed by atoms with van der Waals surface area (Å²) in [5, 5.41) is 94.2. The van der Waals surface area contributed by atoms with Crippen LogP contribution < -0.4 is 47.4 Å². The zero-order valence-electron chi connectivity index (χ0n) is 44.6. The minimum Gasteiger partial charge on any atom is -0.482 e. The van der Waals surface area contributed by atoms with E-state index < -0.39 is 137 Å². The van der Waals surface area contributed by atoms with Gasteiger partial charge in [-0.3, -0.25) is 0 Å². The number of carbonyl (C=O) groups is 10. The number of benzene rings is 5. The molecule has 0 fully saturated rings. The number of carboxylic acid groups (broad SMARTS) is 10. The summed E-state index contributed by atoms with van der Waals surface area (Å²) in [7, 11) is 0. The van der Waals surface area contributed by atoms with Gasteiger partial charge < -0.3 is 98.4 Å².